The molecule has 1 saturated heterocycles. The number of amides is 1. The fraction of sp³-hybridized carbons (Fsp3) is 0.538. The third-order valence-corrected chi connectivity index (χ3v) is 3.82. The van der Waals surface area contributed by atoms with Gasteiger partial charge in [0.2, 0.25) is 5.91 Å². The zero-order chi connectivity index (χ0) is 13.8. The topological polar surface area (TPSA) is 45.7 Å². The number of hydrogen-bond donors (Lipinski definition) is 0. The minimum Gasteiger partial charge on any atom is -0.491 e. The monoisotopic (exact) mass is 327 g/mol. The summed E-state index contributed by atoms with van der Waals surface area (Å²) >= 11 is 3.28. The number of aromatic nitrogens is 1. The highest BCUT2D eigenvalue weighted by Gasteiger charge is 2.28. The molecule has 19 heavy (non-hydrogen) atoms. The lowest BCUT2D eigenvalue weighted by molar-refractivity contribution is -0.139. The molecular formula is C13H18BrN3O2. The van der Waals surface area contributed by atoms with Gasteiger partial charge in [0.1, 0.15) is 17.0 Å². The summed E-state index contributed by atoms with van der Waals surface area (Å²) in [6.07, 6.45) is 1.68. The van der Waals surface area contributed by atoms with Crippen LogP contribution in [0.2, 0.25) is 0 Å². The lowest BCUT2D eigenvalue weighted by Crippen LogP contribution is -2.55. The number of ether oxygens (including phenoxy) is 1. The maximum Gasteiger partial charge on any atom is 0.239 e. The Hall–Kier alpha value is -1.14. The zero-order valence-corrected chi connectivity index (χ0v) is 12.8. The molecule has 1 aliphatic heterocycles. The molecule has 0 bridgehead atoms. The zero-order valence-electron chi connectivity index (χ0n) is 11.2. The molecule has 1 atom stereocenters. The van der Waals surface area contributed by atoms with Gasteiger partial charge in [0.05, 0.1) is 12.2 Å². The Kier molecular flexibility index (Phi) is 4.76. The number of likely N-dealkylation sites (N-methyl/N-ethyl adjacent to an activating group) is 1. The maximum atomic E-state index is 11.8. The summed E-state index contributed by atoms with van der Waals surface area (Å²) in [6, 6.07) is 3.65. The minimum atomic E-state index is -0.0645. The predicted octanol–water partition coefficient (Wildman–Crippen LogP) is 1.39. The van der Waals surface area contributed by atoms with E-state index in [1.807, 2.05) is 26.1 Å². The largest absolute Gasteiger partial charge is 0.491 e. The number of piperazine rings is 1. The highest BCUT2D eigenvalue weighted by Crippen LogP contribution is 2.13. The van der Waals surface area contributed by atoms with Crippen molar-refractivity contribution in [3.63, 3.8) is 0 Å². The SMILES string of the molecule is C[C@@H]1C(=O)N(C)CCN1CCOc1ccc(Br)nc1. The van der Waals surface area contributed by atoms with Gasteiger partial charge < -0.3 is 9.64 Å². The molecule has 0 spiro atoms. The Morgan fingerprint density at radius 3 is 2.95 bits per heavy atom. The van der Waals surface area contributed by atoms with E-state index < -0.39 is 0 Å². The van der Waals surface area contributed by atoms with Crippen molar-refractivity contribution < 1.29 is 9.53 Å². The second kappa shape index (κ2) is 6.34. The normalized spacial score (nSPS) is 20.7. The third kappa shape index (κ3) is 3.67. The highest BCUT2D eigenvalue weighted by molar-refractivity contribution is 9.10. The van der Waals surface area contributed by atoms with Crippen molar-refractivity contribution >= 4 is 21.8 Å². The van der Waals surface area contributed by atoms with Crippen LogP contribution in [0.5, 0.6) is 5.75 Å². The van der Waals surface area contributed by atoms with Gasteiger partial charge in [-0.3, -0.25) is 9.69 Å². The summed E-state index contributed by atoms with van der Waals surface area (Å²) in [7, 11) is 1.85. The standard InChI is InChI=1S/C13H18BrN3O2/c1-10-13(18)16(2)5-6-17(10)7-8-19-11-3-4-12(14)15-9-11/h3-4,9-10H,5-8H2,1-2H3/t10-/m1/s1. The summed E-state index contributed by atoms with van der Waals surface area (Å²) in [5.41, 5.74) is 0. The molecule has 2 rings (SSSR count). The molecule has 0 aromatic carbocycles. The number of rotatable bonds is 4. The van der Waals surface area contributed by atoms with E-state index in [-0.39, 0.29) is 11.9 Å². The maximum absolute atomic E-state index is 11.8. The van der Waals surface area contributed by atoms with Crippen molar-refractivity contribution in [2.75, 3.05) is 33.3 Å². The van der Waals surface area contributed by atoms with E-state index in [2.05, 4.69) is 25.8 Å². The summed E-state index contributed by atoms with van der Waals surface area (Å²) in [5, 5.41) is 0. The number of carbonyl (C=O) groups excluding carboxylic acids is 1. The molecule has 1 amide bonds. The molecule has 2 heterocycles. The first-order valence-electron chi connectivity index (χ1n) is 6.31. The van der Waals surface area contributed by atoms with Crippen LogP contribution in [0.3, 0.4) is 0 Å². The summed E-state index contributed by atoms with van der Waals surface area (Å²) in [5.74, 6) is 0.924. The van der Waals surface area contributed by atoms with Gasteiger partial charge in [-0.15, -0.1) is 0 Å². The predicted molar refractivity (Wildman–Crippen MR) is 76.1 cm³/mol. The van der Waals surface area contributed by atoms with E-state index in [9.17, 15) is 4.79 Å². The van der Waals surface area contributed by atoms with Gasteiger partial charge in [0.25, 0.3) is 0 Å². The first-order valence-corrected chi connectivity index (χ1v) is 7.10. The van der Waals surface area contributed by atoms with Crippen LogP contribution in [0.1, 0.15) is 6.92 Å². The molecule has 0 unspecified atom stereocenters. The van der Waals surface area contributed by atoms with E-state index in [1.54, 1.807) is 11.1 Å². The number of halogens is 1. The summed E-state index contributed by atoms with van der Waals surface area (Å²) in [6.45, 7) is 4.93. The Bertz CT molecular complexity index is 438. The van der Waals surface area contributed by atoms with Gasteiger partial charge in [-0.05, 0) is 35.0 Å². The van der Waals surface area contributed by atoms with Crippen molar-refractivity contribution in [2.24, 2.45) is 0 Å². The minimum absolute atomic E-state index is 0.0645. The molecule has 104 valence electrons. The number of nitrogens with zero attached hydrogens (tertiary/aromatic N) is 3. The lowest BCUT2D eigenvalue weighted by atomic mass is 10.2. The second-order valence-corrected chi connectivity index (χ2v) is 5.45. The van der Waals surface area contributed by atoms with Crippen LogP contribution in [0.25, 0.3) is 0 Å². The van der Waals surface area contributed by atoms with E-state index in [0.29, 0.717) is 6.61 Å². The van der Waals surface area contributed by atoms with Crippen molar-refractivity contribution in [1.82, 2.24) is 14.8 Å². The molecule has 0 radical (unpaired) electrons. The first-order chi connectivity index (χ1) is 9.08. The van der Waals surface area contributed by atoms with Crippen LogP contribution >= 0.6 is 15.9 Å². The average Bonchev–Trinajstić information content (AvgIpc) is 2.41. The van der Waals surface area contributed by atoms with Crippen LogP contribution in [0.15, 0.2) is 22.9 Å². The van der Waals surface area contributed by atoms with Crippen molar-refractivity contribution in [3.05, 3.63) is 22.9 Å². The van der Waals surface area contributed by atoms with E-state index >= 15 is 0 Å². The Morgan fingerprint density at radius 1 is 1.47 bits per heavy atom. The van der Waals surface area contributed by atoms with Crippen LogP contribution in [-0.2, 0) is 4.79 Å². The molecule has 1 fully saturated rings. The average molecular weight is 328 g/mol. The first kappa shape index (κ1) is 14.3. The molecule has 6 heteroatoms. The van der Waals surface area contributed by atoms with Gasteiger partial charge in [-0.1, -0.05) is 0 Å². The highest BCUT2D eigenvalue weighted by atomic mass is 79.9. The molecule has 0 aliphatic carbocycles. The second-order valence-electron chi connectivity index (χ2n) is 4.64. The molecule has 1 aromatic heterocycles. The number of pyridine rings is 1. The Balaban J connectivity index is 1.79. The van der Waals surface area contributed by atoms with Crippen molar-refractivity contribution in [2.45, 2.75) is 13.0 Å². The summed E-state index contributed by atoms with van der Waals surface area (Å²) < 4.78 is 6.41. The van der Waals surface area contributed by atoms with Crippen molar-refractivity contribution in [3.8, 4) is 5.75 Å². The third-order valence-electron chi connectivity index (χ3n) is 3.35. The lowest BCUT2D eigenvalue weighted by Gasteiger charge is -2.37. The fourth-order valence-electron chi connectivity index (χ4n) is 2.09. The van der Waals surface area contributed by atoms with Gasteiger partial charge in [-0.2, -0.15) is 0 Å². The van der Waals surface area contributed by atoms with Crippen LogP contribution < -0.4 is 4.74 Å². The van der Waals surface area contributed by atoms with E-state index in [0.717, 1.165) is 30.0 Å². The number of hydrogen-bond acceptors (Lipinski definition) is 4. The Labute approximate surface area is 121 Å². The van der Waals surface area contributed by atoms with Gasteiger partial charge in [-0.25, -0.2) is 4.98 Å². The van der Waals surface area contributed by atoms with Gasteiger partial charge >= 0.3 is 0 Å². The molecule has 0 N–H and O–H groups in total. The van der Waals surface area contributed by atoms with Crippen LogP contribution in [0.4, 0.5) is 0 Å². The smallest absolute Gasteiger partial charge is 0.239 e. The van der Waals surface area contributed by atoms with Gasteiger partial charge in [0, 0.05) is 26.7 Å². The van der Waals surface area contributed by atoms with E-state index in [1.165, 1.54) is 0 Å². The fourth-order valence-corrected chi connectivity index (χ4v) is 2.33. The molecule has 1 aliphatic rings. The number of carbonyl (C=O) groups is 1. The van der Waals surface area contributed by atoms with Gasteiger partial charge in [0.15, 0.2) is 0 Å². The Morgan fingerprint density at radius 2 is 2.26 bits per heavy atom. The van der Waals surface area contributed by atoms with E-state index in [4.69, 9.17) is 4.74 Å². The molecule has 5 nitrogen and oxygen atoms in total. The molecular weight excluding hydrogens is 310 g/mol. The van der Waals surface area contributed by atoms with Crippen LogP contribution in [-0.4, -0.2) is 60.0 Å². The quantitative estimate of drug-likeness (QED) is 0.784. The summed E-state index contributed by atoms with van der Waals surface area (Å²) in [4.78, 5) is 19.9. The van der Waals surface area contributed by atoms with Crippen molar-refractivity contribution in [1.29, 1.82) is 0 Å². The molecule has 0 saturated carbocycles. The molecule has 1 aromatic rings. The van der Waals surface area contributed by atoms with Crippen LogP contribution in [0, 0.1) is 0 Å².